The monoisotopic (exact) mass is 554 g/mol. The molecular weight excluding hydrogens is 509 g/mol. The predicted octanol–water partition coefficient (Wildman–Crippen LogP) is 10.2. The minimum Gasteiger partial charge on any atom is -0.376 e. The van der Waals surface area contributed by atoms with Crippen molar-refractivity contribution in [2.24, 2.45) is 5.41 Å². The van der Waals surface area contributed by atoms with Crippen LogP contribution in [0.2, 0.25) is 0 Å². The fourth-order valence-corrected chi connectivity index (χ4v) is 7.11. The second-order valence-electron chi connectivity index (χ2n) is 10.6. The molecule has 0 aliphatic rings. The third-order valence-electron chi connectivity index (χ3n) is 5.06. The van der Waals surface area contributed by atoms with E-state index in [1.54, 1.807) is 21.6 Å². The Bertz CT molecular complexity index is 770. The van der Waals surface area contributed by atoms with Gasteiger partial charge in [-0.15, -0.1) is 0 Å². The van der Waals surface area contributed by atoms with Crippen molar-refractivity contribution in [2.45, 2.75) is 114 Å². The van der Waals surface area contributed by atoms with E-state index in [2.05, 4.69) is 77.5 Å². The third-order valence-corrected chi connectivity index (χ3v) is 10.8. The average molecular weight is 555 g/mol. The normalized spacial score (nSPS) is 13.6. The van der Waals surface area contributed by atoms with Gasteiger partial charge in [-0.2, -0.15) is 0 Å². The summed E-state index contributed by atoms with van der Waals surface area (Å²) >= 11 is 0. The van der Waals surface area contributed by atoms with Crippen molar-refractivity contribution in [1.82, 2.24) is 9.97 Å². The van der Waals surface area contributed by atoms with Crippen molar-refractivity contribution in [3.8, 4) is 0 Å². The van der Waals surface area contributed by atoms with Crippen LogP contribution >= 0.6 is 43.2 Å². The number of hydrogen-bond donors (Lipinski definition) is 0. The molecule has 2 aromatic heterocycles. The van der Waals surface area contributed by atoms with Gasteiger partial charge in [0, 0.05) is 29.5 Å². The molecule has 7 heteroatoms. The maximum Gasteiger partial charge on any atom is 0.106 e. The molecule has 0 N–H and O–H groups in total. The zero-order valence-electron chi connectivity index (χ0n) is 23.0. The van der Waals surface area contributed by atoms with Gasteiger partial charge in [0.05, 0.1) is 5.60 Å². The quantitative estimate of drug-likeness (QED) is 0.215. The summed E-state index contributed by atoms with van der Waals surface area (Å²) in [7, 11) is 7.34. The number of aromatic nitrogens is 2. The van der Waals surface area contributed by atoms with Crippen molar-refractivity contribution in [3.63, 3.8) is 0 Å². The standard InChI is InChI=1S/C18H31NOS2.C10H15NS2/c1-15(21-22-16-9-7-8-13-19-16)10-11-18(5,6)20-14-12-17(2,3)4;1-3-6-9(2)12-13-10-7-4-5-8-11-10/h7-9,13,15H,10-12,14H2,1-6H3;4-5,7-9H,3,6H2,1-2H3. The van der Waals surface area contributed by atoms with Crippen molar-refractivity contribution in [1.29, 1.82) is 0 Å². The number of hydrogen-bond acceptors (Lipinski definition) is 7. The van der Waals surface area contributed by atoms with Crippen LogP contribution in [0.5, 0.6) is 0 Å². The van der Waals surface area contributed by atoms with Crippen LogP contribution in [0.3, 0.4) is 0 Å². The molecule has 0 saturated heterocycles. The lowest BCUT2D eigenvalue weighted by atomic mass is 9.92. The van der Waals surface area contributed by atoms with E-state index in [0.29, 0.717) is 10.7 Å². The molecule has 2 atom stereocenters. The Kier molecular flexibility index (Phi) is 16.8. The topological polar surface area (TPSA) is 35.0 Å². The molecule has 0 bridgehead atoms. The van der Waals surface area contributed by atoms with E-state index in [9.17, 15) is 0 Å². The SMILES string of the molecule is CC(CCC(C)(C)OCCC(C)(C)C)SSc1ccccn1.CCCC(C)SSc1ccccn1. The lowest BCUT2D eigenvalue weighted by Gasteiger charge is -2.28. The van der Waals surface area contributed by atoms with Crippen molar-refractivity contribution < 1.29 is 4.74 Å². The minimum absolute atomic E-state index is 0.0320. The molecule has 0 aromatic carbocycles. The predicted molar refractivity (Wildman–Crippen MR) is 163 cm³/mol. The van der Waals surface area contributed by atoms with E-state index in [0.717, 1.165) is 41.2 Å². The molecule has 35 heavy (non-hydrogen) atoms. The number of ether oxygens (including phenoxy) is 1. The number of nitrogens with zero attached hydrogens (tertiary/aromatic N) is 2. The van der Waals surface area contributed by atoms with Gasteiger partial charge >= 0.3 is 0 Å². The Morgan fingerprint density at radius 2 is 1.29 bits per heavy atom. The van der Waals surface area contributed by atoms with E-state index in [-0.39, 0.29) is 5.60 Å². The third kappa shape index (κ3) is 18.5. The highest BCUT2D eigenvalue weighted by atomic mass is 33.1. The molecular formula is C28H46N2OS4. The molecule has 0 radical (unpaired) electrons. The van der Waals surface area contributed by atoms with Crippen LogP contribution in [0.4, 0.5) is 0 Å². The Morgan fingerprint density at radius 1 is 0.771 bits per heavy atom. The molecule has 0 fully saturated rings. The van der Waals surface area contributed by atoms with Gasteiger partial charge in [0.1, 0.15) is 10.1 Å². The molecule has 0 aliphatic heterocycles. The van der Waals surface area contributed by atoms with Gasteiger partial charge in [-0.25, -0.2) is 9.97 Å². The van der Waals surface area contributed by atoms with E-state index < -0.39 is 0 Å². The summed E-state index contributed by atoms with van der Waals surface area (Å²) in [4.78, 5) is 8.59. The second kappa shape index (κ2) is 18.0. The van der Waals surface area contributed by atoms with Gasteiger partial charge in [0.15, 0.2) is 0 Å². The Balaban J connectivity index is 0.000000400. The second-order valence-corrected chi connectivity index (χ2v) is 15.9. The summed E-state index contributed by atoms with van der Waals surface area (Å²) < 4.78 is 6.09. The summed E-state index contributed by atoms with van der Waals surface area (Å²) in [5, 5.41) is 3.50. The van der Waals surface area contributed by atoms with Crippen LogP contribution in [-0.2, 0) is 4.74 Å². The Morgan fingerprint density at radius 3 is 1.71 bits per heavy atom. The first-order valence-corrected chi connectivity index (χ1v) is 17.1. The fourth-order valence-electron chi connectivity index (χ4n) is 2.81. The largest absolute Gasteiger partial charge is 0.376 e. The summed E-state index contributed by atoms with van der Waals surface area (Å²) in [5.74, 6) is 0. The first-order valence-electron chi connectivity index (χ1n) is 12.6. The zero-order chi connectivity index (χ0) is 26.2. The highest BCUT2D eigenvalue weighted by molar-refractivity contribution is 8.77. The molecule has 0 aliphatic carbocycles. The van der Waals surface area contributed by atoms with E-state index in [1.165, 1.54) is 12.8 Å². The van der Waals surface area contributed by atoms with Crippen molar-refractivity contribution in [3.05, 3.63) is 48.8 Å². The molecule has 2 rings (SSSR count). The Labute approximate surface area is 231 Å². The molecule has 0 saturated carbocycles. The van der Waals surface area contributed by atoms with E-state index in [1.807, 2.05) is 58.2 Å². The van der Waals surface area contributed by atoms with Gasteiger partial charge in [-0.05, 0) is 90.8 Å². The average Bonchev–Trinajstić information content (AvgIpc) is 2.81. The van der Waals surface area contributed by atoms with Crippen LogP contribution in [-0.4, -0.2) is 32.7 Å². The smallest absolute Gasteiger partial charge is 0.106 e. The highest BCUT2D eigenvalue weighted by Crippen LogP contribution is 2.36. The lowest BCUT2D eigenvalue weighted by Crippen LogP contribution is -2.27. The van der Waals surface area contributed by atoms with Crippen LogP contribution in [0.1, 0.15) is 87.5 Å². The van der Waals surface area contributed by atoms with Crippen LogP contribution in [0, 0.1) is 5.41 Å². The van der Waals surface area contributed by atoms with Gasteiger partial charge < -0.3 is 4.74 Å². The molecule has 2 heterocycles. The zero-order valence-corrected chi connectivity index (χ0v) is 26.2. The highest BCUT2D eigenvalue weighted by Gasteiger charge is 2.21. The number of pyridine rings is 2. The molecule has 0 spiro atoms. The molecule has 2 aromatic rings. The van der Waals surface area contributed by atoms with Gasteiger partial charge in [0.2, 0.25) is 0 Å². The van der Waals surface area contributed by atoms with Crippen LogP contribution < -0.4 is 0 Å². The van der Waals surface area contributed by atoms with Gasteiger partial charge in [-0.1, -0.05) is 81.7 Å². The summed E-state index contributed by atoms with van der Waals surface area (Å²) in [6.45, 7) is 18.8. The summed E-state index contributed by atoms with van der Waals surface area (Å²) in [5.41, 5.74) is 0.314. The van der Waals surface area contributed by atoms with E-state index in [4.69, 9.17) is 4.74 Å². The molecule has 2 unspecified atom stereocenters. The van der Waals surface area contributed by atoms with Crippen molar-refractivity contribution >= 4 is 43.2 Å². The maximum absolute atomic E-state index is 6.09. The Hall–Kier alpha value is -0.340. The fraction of sp³-hybridized carbons (Fsp3) is 0.643. The van der Waals surface area contributed by atoms with Gasteiger partial charge in [-0.3, -0.25) is 0 Å². The summed E-state index contributed by atoms with van der Waals surface area (Å²) in [6.07, 6.45) is 9.59. The van der Waals surface area contributed by atoms with E-state index >= 15 is 0 Å². The lowest BCUT2D eigenvalue weighted by molar-refractivity contribution is -0.0339. The van der Waals surface area contributed by atoms with Gasteiger partial charge in [0.25, 0.3) is 0 Å². The summed E-state index contributed by atoms with van der Waals surface area (Å²) in [6, 6.07) is 12.1. The first-order chi connectivity index (χ1) is 16.5. The number of rotatable bonds is 14. The minimum atomic E-state index is -0.0320. The molecule has 198 valence electrons. The molecule has 3 nitrogen and oxygen atoms in total. The first kappa shape index (κ1) is 32.7. The van der Waals surface area contributed by atoms with Crippen LogP contribution in [0.15, 0.2) is 58.8 Å². The van der Waals surface area contributed by atoms with Crippen molar-refractivity contribution in [2.75, 3.05) is 6.61 Å². The molecule has 0 amide bonds. The maximum atomic E-state index is 6.09. The van der Waals surface area contributed by atoms with Crippen LogP contribution in [0.25, 0.3) is 0 Å².